The Kier molecular flexibility index (Phi) is 5.18. The first-order valence-corrected chi connectivity index (χ1v) is 10.5. The number of amides is 2. The van der Waals surface area contributed by atoms with Crippen molar-refractivity contribution in [3.63, 3.8) is 0 Å². The Labute approximate surface area is 190 Å². The molecule has 2 aromatic carbocycles. The number of benzene rings is 2. The Morgan fingerprint density at radius 2 is 1.85 bits per heavy atom. The number of carbonyl (C=O) groups is 2. The normalized spacial score (nSPS) is 17.4. The van der Waals surface area contributed by atoms with E-state index in [4.69, 9.17) is 4.74 Å². The summed E-state index contributed by atoms with van der Waals surface area (Å²) in [6.45, 7) is 0.401. The van der Waals surface area contributed by atoms with Crippen LogP contribution >= 0.6 is 0 Å². The zero-order valence-electron chi connectivity index (χ0n) is 17.7. The number of rotatable bonds is 4. The Bertz CT molecular complexity index is 1260. The van der Waals surface area contributed by atoms with E-state index in [1.807, 2.05) is 0 Å². The molecule has 2 heterocycles. The molecule has 0 bridgehead atoms. The maximum absolute atomic E-state index is 13.5. The highest BCUT2D eigenvalue weighted by molar-refractivity contribution is 5.97. The van der Waals surface area contributed by atoms with Crippen molar-refractivity contribution < 1.29 is 31.9 Å². The van der Waals surface area contributed by atoms with Crippen molar-refractivity contribution in [1.82, 2.24) is 25.6 Å². The second kappa shape index (κ2) is 7.96. The van der Waals surface area contributed by atoms with Crippen LogP contribution in [-0.2, 0) is 17.5 Å². The number of ether oxygens (including phenoxy) is 1. The Morgan fingerprint density at radius 1 is 1.12 bits per heavy atom. The largest absolute Gasteiger partial charge is 0.445 e. The summed E-state index contributed by atoms with van der Waals surface area (Å²) in [5.41, 5.74) is 0.427. The summed E-state index contributed by atoms with van der Waals surface area (Å²) >= 11 is 0. The van der Waals surface area contributed by atoms with Crippen LogP contribution in [0.2, 0.25) is 0 Å². The van der Waals surface area contributed by atoms with Gasteiger partial charge in [0.25, 0.3) is 5.91 Å². The Balaban J connectivity index is 1.08. The van der Waals surface area contributed by atoms with Gasteiger partial charge in [0.2, 0.25) is 0 Å². The van der Waals surface area contributed by atoms with Crippen LogP contribution < -0.4 is 5.32 Å². The lowest BCUT2D eigenvalue weighted by Gasteiger charge is -2.58. The summed E-state index contributed by atoms with van der Waals surface area (Å²) in [4.78, 5) is 26.2. The van der Waals surface area contributed by atoms with Crippen molar-refractivity contribution in [3.05, 3.63) is 58.9 Å². The van der Waals surface area contributed by atoms with Crippen LogP contribution in [0.3, 0.4) is 0 Å². The molecule has 1 aliphatic carbocycles. The average Bonchev–Trinajstić information content (AvgIpc) is 3.19. The van der Waals surface area contributed by atoms with E-state index in [1.165, 1.54) is 4.90 Å². The summed E-state index contributed by atoms with van der Waals surface area (Å²) < 4.78 is 57.0. The molecule has 3 aromatic rings. The lowest BCUT2D eigenvalue weighted by molar-refractivity contribution is -0.137. The van der Waals surface area contributed by atoms with Gasteiger partial charge in [-0.25, -0.2) is 9.18 Å². The number of nitrogens with zero attached hydrogens (tertiary/aromatic N) is 3. The van der Waals surface area contributed by atoms with Gasteiger partial charge in [0.15, 0.2) is 0 Å². The number of hydrogen-bond acceptors (Lipinski definition) is 5. The van der Waals surface area contributed by atoms with Gasteiger partial charge in [-0.1, -0.05) is 0 Å². The molecule has 0 radical (unpaired) electrons. The standard InChI is InChI=1S/C22H19F4N5O3/c23-15-4-12(3-14(6-15)22(24,25)26)9-34-20(33)31-10-21(11-31)7-16(8-21)27-19(32)13-1-2-17-18(5-13)29-30-28-17/h1-6,16H,7-11H2,(H,27,32)(H,28,29,30). The number of aromatic nitrogens is 3. The van der Waals surface area contributed by atoms with Crippen LogP contribution in [0.25, 0.3) is 11.0 Å². The third kappa shape index (κ3) is 4.27. The number of H-pyrrole nitrogens is 1. The fourth-order valence-corrected chi connectivity index (χ4v) is 4.62. The SMILES string of the molecule is O=C(NC1CC2(C1)CN(C(=O)OCc1cc(F)cc(C(F)(F)F)c1)C2)c1ccc2n[nH]nc2c1. The van der Waals surface area contributed by atoms with Crippen LogP contribution in [0.15, 0.2) is 36.4 Å². The van der Waals surface area contributed by atoms with Gasteiger partial charge in [-0.05, 0) is 54.8 Å². The van der Waals surface area contributed by atoms with Gasteiger partial charge in [0, 0.05) is 30.1 Å². The second-order valence-electron chi connectivity index (χ2n) is 8.86. The average molecular weight is 477 g/mol. The van der Waals surface area contributed by atoms with Crippen molar-refractivity contribution in [3.8, 4) is 0 Å². The Hall–Kier alpha value is -3.70. The van der Waals surface area contributed by atoms with E-state index in [0.717, 1.165) is 12.1 Å². The van der Waals surface area contributed by atoms with Crippen molar-refractivity contribution in [2.45, 2.75) is 31.7 Å². The van der Waals surface area contributed by atoms with Gasteiger partial charge in [-0.3, -0.25) is 4.79 Å². The van der Waals surface area contributed by atoms with Crippen molar-refractivity contribution in [2.75, 3.05) is 13.1 Å². The molecule has 34 heavy (non-hydrogen) atoms. The number of nitrogens with one attached hydrogen (secondary N) is 2. The predicted molar refractivity (Wildman–Crippen MR) is 110 cm³/mol. The van der Waals surface area contributed by atoms with Crippen LogP contribution in [0.4, 0.5) is 22.4 Å². The molecule has 2 amide bonds. The van der Waals surface area contributed by atoms with Gasteiger partial charge in [-0.15, -0.1) is 0 Å². The third-order valence-corrected chi connectivity index (χ3v) is 6.23. The van der Waals surface area contributed by atoms with E-state index in [0.29, 0.717) is 48.6 Å². The Morgan fingerprint density at radius 3 is 2.59 bits per heavy atom. The number of aromatic amines is 1. The fourth-order valence-electron chi connectivity index (χ4n) is 4.62. The highest BCUT2D eigenvalue weighted by Crippen LogP contribution is 2.48. The minimum Gasteiger partial charge on any atom is -0.445 e. The molecule has 1 spiro atoms. The van der Waals surface area contributed by atoms with E-state index in [-0.39, 0.29) is 22.9 Å². The number of carbonyl (C=O) groups excluding carboxylic acids is 2. The quantitative estimate of drug-likeness (QED) is 0.559. The molecule has 2 fully saturated rings. The molecule has 8 nitrogen and oxygen atoms in total. The molecule has 178 valence electrons. The molecule has 2 aliphatic rings. The summed E-state index contributed by atoms with van der Waals surface area (Å²) in [6.07, 6.45) is -3.96. The fraction of sp³-hybridized carbons (Fsp3) is 0.364. The summed E-state index contributed by atoms with van der Waals surface area (Å²) in [7, 11) is 0. The van der Waals surface area contributed by atoms with Gasteiger partial charge in [-0.2, -0.15) is 28.6 Å². The number of halogens is 4. The minimum atomic E-state index is -4.69. The molecular weight excluding hydrogens is 458 g/mol. The monoisotopic (exact) mass is 477 g/mol. The smallest absolute Gasteiger partial charge is 0.416 e. The van der Waals surface area contributed by atoms with Crippen LogP contribution in [0, 0.1) is 11.2 Å². The maximum Gasteiger partial charge on any atom is 0.416 e. The minimum absolute atomic E-state index is 0.0215. The van der Waals surface area contributed by atoms with Crippen molar-refractivity contribution >= 4 is 23.0 Å². The van der Waals surface area contributed by atoms with Crippen LogP contribution in [0.5, 0.6) is 0 Å². The van der Waals surface area contributed by atoms with E-state index >= 15 is 0 Å². The molecule has 5 rings (SSSR count). The number of hydrogen-bond donors (Lipinski definition) is 2. The van der Waals surface area contributed by atoms with E-state index in [9.17, 15) is 27.2 Å². The molecule has 1 saturated carbocycles. The maximum atomic E-state index is 13.5. The summed E-state index contributed by atoms with van der Waals surface area (Å²) in [6, 6.07) is 7.06. The molecule has 0 unspecified atom stereocenters. The lowest BCUT2D eigenvalue weighted by atomic mass is 9.61. The number of alkyl halides is 3. The zero-order chi connectivity index (χ0) is 24.1. The first kappa shape index (κ1) is 22.1. The highest BCUT2D eigenvalue weighted by Gasteiger charge is 2.54. The van der Waals surface area contributed by atoms with Crippen molar-refractivity contribution in [2.24, 2.45) is 5.41 Å². The van der Waals surface area contributed by atoms with Gasteiger partial charge < -0.3 is 15.0 Å². The summed E-state index contributed by atoms with van der Waals surface area (Å²) in [5.74, 6) is -1.26. The van der Waals surface area contributed by atoms with E-state index in [1.54, 1.807) is 18.2 Å². The zero-order valence-corrected chi connectivity index (χ0v) is 17.7. The topological polar surface area (TPSA) is 100 Å². The first-order valence-electron chi connectivity index (χ1n) is 10.5. The van der Waals surface area contributed by atoms with Crippen LogP contribution in [-0.4, -0.2) is 51.4 Å². The van der Waals surface area contributed by atoms with E-state index in [2.05, 4.69) is 20.7 Å². The summed E-state index contributed by atoms with van der Waals surface area (Å²) in [5, 5.41) is 13.4. The lowest BCUT2D eigenvalue weighted by Crippen LogP contribution is -2.67. The molecular formula is C22H19F4N5O3. The van der Waals surface area contributed by atoms with Crippen LogP contribution in [0.1, 0.15) is 34.3 Å². The third-order valence-electron chi connectivity index (χ3n) is 6.23. The van der Waals surface area contributed by atoms with Gasteiger partial charge >= 0.3 is 12.3 Å². The molecule has 1 aromatic heterocycles. The first-order chi connectivity index (χ1) is 16.1. The molecule has 1 saturated heterocycles. The van der Waals surface area contributed by atoms with Gasteiger partial charge in [0.05, 0.1) is 5.56 Å². The molecule has 2 N–H and O–H groups in total. The molecule has 0 atom stereocenters. The predicted octanol–water partition coefficient (Wildman–Crippen LogP) is 3.65. The molecule has 12 heteroatoms. The van der Waals surface area contributed by atoms with Crippen molar-refractivity contribution in [1.29, 1.82) is 0 Å². The van der Waals surface area contributed by atoms with Gasteiger partial charge in [0.1, 0.15) is 23.5 Å². The number of likely N-dealkylation sites (tertiary alicyclic amines) is 1. The highest BCUT2D eigenvalue weighted by atomic mass is 19.4. The van der Waals surface area contributed by atoms with E-state index < -0.39 is 30.3 Å². The molecule has 1 aliphatic heterocycles. The second-order valence-corrected chi connectivity index (χ2v) is 8.86. The number of fused-ring (bicyclic) bond motifs is 1.